The average Bonchev–Trinajstić information content (AvgIpc) is 2.98. The lowest BCUT2D eigenvalue weighted by atomic mass is 10.2. The lowest BCUT2D eigenvalue weighted by molar-refractivity contribution is -0.698. The molecule has 0 aliphatic rings. The quantitative estimate of drug-likeness (QED) is 0.113. The SMILES string of the molecule is CN(/N=C/c1cc[n+](CCCCCC[n+]2ccc(/C=N/N(C)c3ccccc3)cc2)cc1)c1ccccc1.[Cl-]. The van der Waals surface area contributed by atoms with Crippen LogP contribution in [0.15, 0.2) is 120 Å². The van der Waals surface area contributed by atoms with Crippen molar-refractivity contribution in [1.29, 1.82) is 0 Å². The summed E-state index contributed by atoms with van der Waals surface area (Å²) in [7, 11) is 3.93. The molecule has 0 atom stereocenters. The molecule has 4 rings (SSSR count). The largest absolute Gasteiger partial charge is 1.00 e. The van der Waals surface area contributed by atoms with Gasteiger partial charge in [0.25, 0.3) is 0 Å². The third kappa shape index (κ3) is 9.98. The Bertz CT molecular complexity index is 1170. The van der Waals surface area contributed by atoms with Crippen molar-refractivity contribution in [3.63, 3.8) is 0 Å². The van der Waals surface area contributed by atoms with Gasteiger partial charge in [0.1, 0.15) is 13.1 Å². The molecule has 0 saturated heterocycles. The monoisotopic (exact) mass is 541 g/mol. The highest BCUT2D eigenvalue weighted by atomic mass is 35.5. The molecule has 0 aliphatic heterocycles. The summed E-state index contributed by atoms with van der Waals surface area (Å²) in [6.07, 6.45) is 17.2. The third-order valence-corrected chi connectivity index (χ3v) is 6.44. The molecule has 0 aliphatic carbocycles. The maximum Gasteiger partial charge on any atom is 0.169 e. The minimum absolute atomic E-state index is 0. The number of hydrogen-bond acceptors (Lipinski definition) is 4. The van der Waals surface area contributed by atoms with Crippen molar-refractivity contribution in [2.45, 2.75) is 38.8 Å². The summed E-state index contributed by atoms with van der Waals surface area (Å²) in [5.41, 5.74) is 4.34. The van der Waals surface area contributed by atoms with Gasteiger partial charge in [-0.3, -0.25) is 10.0 Å². The van der Waals surface area contributed by atoms with Crippen LogP contribution in [0.2, 0.25) is 0 Å². The van der Waals surface area contributed by atoms with E-state index < -0.39 is 0 Å². The van der Waals surface area contributed by atoms with Gasteiger partial charge in [-0.25, -0.2) is 9.13 Å². The van der Waals surface area contributed by atoms with Gasteiger partial charge in [-0.15, -0.1) is 0 Å². The fraction of sp³-hybridized carbons (Fsp3) is 0.250. The van der Waals surface area contributed by atoms with Crippen LogP contribution in [0.25, 0.3) is 0 Å². The Hall–Kier alpha value is -4.03. The van der Waals surface area contributed by atoms with Crippen LogP contribution in [0, 0.1) is 0 Å². The van der Waals surface area contributed by atoms with E-state index in [1.807, 2.05) is 97.2 Å². The van der Waals surface area contributed by atoms with Crippen LogP contribution in [0.5, 0.6) is 0 Å². The van der Waals surface area contributed by atoms with Gasteiger partial charge in [-0.2, -0.15) is 10.2 Å². The zero-order chi connectivity index (χ0) is 26.4. The van der Waals surface area contributed by atoms with Crippen molar-refractivity contribution in [3.8, 4) is 0 Å². The van der Waals surface area contributed by atoms with E-state index in [4.69, 9.17) is 0 Å². The highest BCUT2D eigenvalue weighted by molar-refractivity contribution is 5.80. The van der Waals surface area contributed by atoms with Gasteiger partial charge in [0, 0.05) is 62.3 Å². The molecule has 0 radical (unpaired) electrons. The van der Waals surface area contributed by atoms with Gasteiger partial charge in [0.2, 0.25) is 0 Å². The summed E-state index contributed by atoms with van der Waals surface area (Å²) < 4.78 is 4.50. The molecule has 202 valence electrons. The number of hydrogen-bond donors (Lipinski definition) is 0. The molecule has 0 unspecified atom stereocenters. The van der Waals surface area contributed by atoms with Crippen molar-refractivity contribution in [3.05, 3.63) is 121 Å². The highest BCUT2D eigenvalue weighted by Gasteiger charge is 2.04. The minimum atomic E-state index is 0. The number of pyridine rings is 2. The Morgan fingerprint density at radius 3 is 1.26 bits per heavy atom. The van der Waals surface area contributed by atoms with E-state index in [1.165, 1.54) is 25.7 Å². The highest BCUT2D eigenvalue weighted by Crippen LogP contribution is 2.12. The van der Waals surface area contributed by atoms with E-state index in [9.17, 15) is 0 Å². The van der Waals surface area contributed by atoms with Gasteiger partial charge >= 0.3 is 0 Å². The zero-order valence-electron chi connectivity index (χ0n) is 22.9. The number of rotatable bonds is 13. The first-order valence-corrected chi connectivity index (χ1v) is 13.3. The summed E-state index contributed by atoms with van der Waals surface area (Å²) in [6, 6.07) is 28.8. The van der Waals surface area contributed by atoms with Crippen molar-refractivity contribution in [2.24, 2.45) is 10.2 Å². The number of anilines is 2. The maximum atomic E-state index is 4.54. The molecule has 0 amide bonds. The molecule has 0 saturated carbocycles. The van der Waals surface area contributed by atoms with Crippen LogP contribution in [0.4, 0.5) is 11.4 Å². The van der Waals surface area contributed by atoms with Crippen molar-refractivity contribution >= 4 is 23.8 Å². The Balaban J connectivity index is 0.00000420. The van der Waals surface area contributed by atoms with E-state index in [1.54, 1.807) is 0 Å². The topological polar surface area (TPSA) is 39.0 Å². The standard InChI is InChI=1S/C32H38N6.ClH/c1-35(31-13-7-5-8-14-31)33-27-29-17-23-37(24-18-29)21-11-3-4-12-22-38-25-19-30(20-26-38)28-34-36(2)32-15-9-6-10-16-32;/h5-10,13-20,23-28H,3-4,11-12,21-22H2,1-2H3;1H/q+2;/p-1. The van der Waals surface area contributed by atoms with Crippen LogP contribution >= 0.6 is 0 Å². The van der Waals surface area contributed by atoms with Crippen LogP contribution in [0.3, 0.4) is 0 Å². The Morgan fingerprint density at radius 2 is 0.897 bits per heavy atom. The average molecular weight is 542 g/mol. The first-order valence-electron chi connectivity index (χ1n) is 13.3. The van der Waals surface area contributed by atoms with Crippen LogP contribution in [0.1, 0.15) is 36.8 Å². The summed E-state index contributed by atoms with van der Waals surface area (Å²) in [5, 5.41) is 12.8. The van der Waals surface area contributed by atoms with E-state index in [2.05, 4.69) is 68.4 Å². The molecule has 7 heteroatoms. The molecular formula is C32H38ClN6+. The van der Waals surface area contributed by atoms with E-state index in [-0.39, 0.29) is 12.4 Å². The van der Waals surface area contributed by atoms with Crippen LogP contribution in [-0.2, 0) is 13.1 Å². The van der Waals surface area contributed by atoms with Crippen LogP contribution in [-0.4, -0.2) is 26.5 Å². The lowest BCUT2D eigenvalue weighted by Crippen LogP contribution is -3.00. The molecular weight excluding hydrogens is 504 g/mol. The lowest BCUT2D eigenvalue weighted by Gasteiger charge is -2.11. The Kier molecular flexibility index (Phi) is 12.1. The molecule has 2 aromatic carbocycles. The molecule has 0 N–H and O–H groups in total. The second-order valence-corrected chi connectivity index (χ2v) is 9.36. The number of nitrogens with zero attached hydrogens (tertiary/aromatic N) is 6. The fourth-order valence-electron chi connectivity index (χ4n) is 4.08. The normalized spacial score (nSPS) is 11.0. The first kappa shape index (κ1) is 29.5. The first-order chi connectivity index (χ1) is 18.7. The molecule has 0 bridgehead atoms. The number of aryl methyl sites for hydroxylation is 2. The van der Waals surface area contributed by atoms with E-state index in [0.717, 1.165) is 35.6 Å². The molecule has 2 aromatic heterocycles. The number of halogens is 1. The number of unbranched alkanes of at least 4 members (excludes halogenated alkanes) is 3. The van der Waals surface area contributed by atoms with Gasteiger partial charge in [-0.05, 0) is 37.1 Å². The number of benzene rings is 2. The molecule has 0 fully saturated rings. The Labute approximate surface area is 239 Å². The number of aromatic nitrogens is 2. The van der Waals surface area contributed by atoms with Gasteiger partial charge in [0.05, 0.1) is 23.8 Å². The number of hydrazone groups is 2. The minimum Gasteiger partial charge on any atom is -1.00 e. The van der Waals surface area contributed by atoms with Gasteiger partial charge in [0.15, 0.2) is 24.8 Å². The number of para-hydroxylation sites is 2. The smallest absolute Gasteiger partial charge is 0.169 e. The van der Waals surface area contributed by atoms with Gasteiger partial charge in [-0.1, -0.05) is 36.4 Å². The maximum absolute atomic E-state index is 4.54. The summed E-state index contributed by atoms with van der Waals surface area (Å²) in [4.78, 5) is 0. The molecule has 39 heavy (non-hydrogen) atoms. The Morgan fingerprint density at radius 1 is 0.538 bits per heavy atom. The van der Waals surface area contributed by atoms with Crippen molar-refractivity contribution in [1.82, 2.24) is 0 Å². The van der Waals surface area contributed by atoms with Crippen LogP contribution < -0.4 is 31.6 Å². The fourth-order valence-corrected chi connectivity index (χ4v) is 4.08. The summed E-state index contributed by atoms with van der Waals surface area (Å²) >= 11 is 0. The zero-order valence-corrected chi connectivity index (χ0v) is 23.6. The second kappa shape index (κ2) is 16.0. The van der Waals surface area contributed by atoms with Gasteiger partial charge < -0.3 is 12.4 Å². The van der Waals surface area contributed by atoms with E-state index >= 15 is 0 Å². The van der Waals surface area contributed by atoms with Crippen molar-refractivity contribution < 1.29 is 21.5 Å². The molecule has 0 spiro atoms. The molecule has 2 heterocycles. The molecule has 6 nitrogen and oxygen atoms in total. The predicted octanol–water partition coefficient (Wildman–Crippen LogP) is 2.47. The second-order valence-electron chi connectivity index (χ2n) is 9.36. The van der Waals surface area contributed by atoms with E-state index in [0.29, 0.717) is 0 Å². The van der Waals surface area contributed by atoms with Crippen molar-refractivity contribution in [2.75, 3.05) is 24.1 Å². The molecule has 4 aromatic rings. The summed E-state index contributed by atoms with van der Waals surface area (Å²) in [5.74, 6) is 0. The summed E-state index contributed by atoms with van der Waals surface area (Å²) in [6.45, 7) is 2.08. The third-order valence-electron chi connectivity index (χ3n) is 6.44. The predicted molar refractivity (Wildman–Crippen MR) is 157 cm³/mol.